The summed E-state index contributed by atoms with van der Waals surface area (Å²) in [4.78, 5) is 7.94. The van der Waals surface area contributed by atoms with Crippen molar-refractivity contribution in [2.45, 2.75) is 10.8 Å². The van der Waals surface area contributed by atoms with Gasteiger partial charge in [0.15, 0.2) is 0 Å². The van der Waals surface area contributed by atoms with Crippen LogP contribution < -0.4 is 0 Å². The summed E-state index contributed by atoms with van der Waals surface area (Å²) >= 11 is 4.76. The standard InChI is InChI=1S/C11H8BrFN2S/c12-9-5-8(1-2-10(9)13)6-16-11-3-4-14-7-15-11/h1-5,7H,6H2. The lowest BCUT2D eigenvalue weighted by atomic mass is 10.2. The van der Waals surface area contributed by atoms with Gasteiger partial charge in [0.05, 0.1) is 9.50 Å². The van der Waals surface area contributed by atoms with Crippen LogP contribution in [0.4, 0.5) is 4.39 Å². The van der Waals surface area contributed by atoms with Crippen molar-refractivity contribution in [2.75, 3.05) is 0 Å². The van der Waals surface area contributed by atoms with Crippen LogP contribution in [0.15, 0.2) is 46.3 Å². The number of benzene rings is 1. The van der Waals surface area contributed by atoms with Crippen molar-refractivity contribution in [3.63, 3.8) is 0 Å². The summed E-state index contributed by atoms with van der Waals surface area (Å²) in [6.45, 7) is 0. The van der Waals surface area contributed by atoms with E-state index in [2.05, 4.69) is 25.9 Å². The number of thioether (sulfide) groups is 1. The molecule has 2 nitrogen and oxygen atoms in total. The van der Waals surface area contributed by atoms with Gasteiger partial charge in [-0.3, -0.25) is 0 Å². The Labute approximate surface area is 105 Å². The highest BCUT2D eigenvalue weighted by atomic mass is 79.9. The van der Waals surface area contributed by atoms with Crippen molar-refractivity contribution in [3.05, 3.63) is 52.6 Å². The maximum absolute atomic E-state index is 13.0. The van der Waals surface area contributed by atoms with Crippen LogP contribution in [0.3, 0.4) is 0 Å². The third-order valence-electron chi connectivity index (χ3n) is 1.93. The molecule has 0 aliphatic heterocycles. The molecule has 5 heteroatoms. The normalized spacial score (nSPS) is 10.4. The maximum Gasteiger partial charge on any atom is 0.137 e. The molecule has 0 aliphatic carbocycles. The van der Waals surface area contributed by atoms with Crippen molar-refractivity contribution in [1.29, 1.82) is 0 Å². The first-order valence-electron chi connectivity index (χ1n) is 4.58. The van der Waals surface area contributed by atoms with E-state index >= 15 is 0 Å². The molecule has 2 aromatic rings. The first kappa shape index (κ1) is 11.5. The zero-order chi connectivity index (χ0) is 11.4. The van der Waals surface area contributed by atoms with Crippen LogP contribution in [0, 0.1) is 5.82 Å². The van der Waals surface area contributed by atoms with E-state index in [9.17, 15) is 4.39 Å². The van der Waals surface area contributed by atoms with Crippen LogP contribution in [0.25, 0.3) is 0 Å². The molecule has 0 spiro atoms. The molecule has 0 saturated carbocycles. The van der Waals surface area contributed by atoms with E-state index in [1.807, 2.05) is 6.07 Å². The summed E-state index contributed by atoms with van der Waals surface area (Å²) in [5, 5.41) is 0.912. The molecule has 0 N–H and O–H groups in total. The Morgan fingerprint density at radius 1 is 1.31 bits per heavy atom. The largest absolute Gasteiger partial charge is 0.245 e. The summed E-state index contributed by atoms with van der Waals surface area (Å²) < 4.78 is 13.5. The van der Waals surface area contributed by atoms with E-state index in [-0.39, 0.29) is 5.82 Å². The van der Waals surface area contributed by atoms with Gasteiger partial charge in [-0.25, -0.2) is 14.4 Å². The predicted octanol–water partition coefficient (Wildman–Crippen LogP) is 3.67. The molecular formula is C11H8BrFN2S. The average molecular weight is 299 g/mol. The van der Waals surface area contributed by atoms with Crippen LogP contribution in [-0.2, 0) is 5.75 Å². The van der Waals surface area contributed by atoms with Crippen molar-refractivity contribution < 1.29 is 4.39 Å². The highest BCUT2D eigenvalue weighted by Gasteiger charge is 2.01. The van der Waals surface area contributed by atoms with Crippen molar-refractivity contribution in [2.24, 2.45) is 0 Å². The Bertz CT molecular complexity index is 479. The quantitative estimate of drug-likeness (QED) is 0.639. The molecule has 0 bridgehead atoms. The minimum atomic E-state index is -0.240. The zero-order valence-corrected chi connectivity index (χ0v) is 10.6. The molecule has 0 fully saturated rings. The van der Waals surface area contributed by atoms with Gasteiger partial charge in [0.2, 0.25) is 0 Å². The minimum Gasteiger partial charge on any atom is -0.245 e. The second-order valence-corrected chi connectivity index (χ2v) is 4.93. The van der Waals surface area contributed by atoms with Gasteiger partial charge in [-0.2, -0.15) is 0 Å². The molecule has 1 aromatic heterocycles. The van der Waals surface area contributed by atoms with Crippen LogP contribution in [0.1, 0.15) is 5.56 Å². The Morgan fingerprint density at radius 2 is 2.19 bits per heavy atom. The first-order chi connectivity index (χ1) is 7.75. The molecule has 16 heavy (non-hydrogen) atoms. The van der Waals surface area contributed by atoms with Gasteiger partial charge < -0.3 is 0 Å². The highest BCUT2D eigenvalue weighted by molar-refractivity contribution is 9.10. The topological polar surface area (TPSA) is 25.8 Å². The van der Waals surface area contributed by atoms with Gasteiger partial charge in [0.25, 0.3) is 0 Å². The van der Waals surface area contributed by atoms with Gasteiger partial charge >= 0.3 is 0 Å². The summed E-state index contributed by atoms with van der Waals surface area (Å²) in [7, 11) is 0. The second kappa shape index (κ2) is 5.41. The van der Waals surface area contributed by atoms with E-state index in [1.165, 1.54) is 12.4 Å². The smallest absolute Gasteiger partial charge is 0.137 e. The van der Waals surface area contributed by atoms with E-state index < -0.39 is 0 Å². The Kier molecular flexibility index (Phi) is 3.90. The van der Waals surface area contributed by atoms with E-state index in [4.69, 9.17) is 0 Å². The molecule has 0 unspecified atom stereocenters. The molecule has 0 amide bonds. The summed E-state index contributed by atoms with van der Waals surface area (Å²) in [5.41, 5.74) is 1.05. The van der Waals surface area contributed by atoms with Crippen molar-refractivity contribution >= 4 is 27.7 Å². The molecule has 82 valence electrons. The molecular weight excluding hydrogens is 291 g/mol. The van der Waals surface area contributed by atoms with Crippen LogP contribution >= 0.6 is 27.7 Å². The summed E-state index contributed by atoms with van der Waals surface area (Å²) in [6, 6.07) is 6.86. The lowest BCUT2D eigenvalue weighted by Gasteiger charge is -2.02. The van der Waals surface area contributed by atoms with Crippen molar-refractivity contribution in [3.8, 4) is 0 Å². The van der Waals surface area contributed by atoms with E-state index in [0.717, 1.165) is 16.3 Å². The van der Waals surface area contributed by atoms with Gasteiger partial charge in [0, 0.05) is 11.9 Å². The second-order valence-electron chi connectivity index (χ2n) is 3.08. The van der Waals surface area contributed by atoms with Crippen LogP contribution in [0.2, 0.25) is 0 Å². The number of nitrogens with zero attached hydrogens (tertiary/aromatic N) is 2. The first-order valence-corrected chi connectivity index (χ1v) is 6.36. The van der Waals surface area contributed by atoms with Gasteiger partial charge in [-0.15, -0.1) is 11.8 Å². The van der Waals surface area contributed by atoms with E-state index in [0.29, 0.717) is 4.47 Å². The Balaban J connectivity index is 2.03. The molecule has 0 radical (unpaired) electrons. The number of rotatable bonds is 3. The highest BCUT2D eigenvalue weighted by Crippen LogP contribution is 2.23. The van der Waals surface area contributed by atoms with Gasteiger partial charge in [0.1, 0.15) is 12.1 Å². The number of halogens is 2. The Hall–Kier alpha value is -0.940. The lowest BCUT2D eigenvalue weighted by Crippen LogP contribution is -1.85. The van der Waals surface area contributed by atoms with Crippen molar-refractivity contribution in [1.82, 2.24) is 9.97 Å². The summed E-state index contributed by atoms with van der Waals surface area (Å²) in [6.07, 6.45) is 3.22. The fourth-order valence-corrected chi connectivity index (χ4v) is 2.35. The summed E-state index contributed by atoms with van der Waals surface area (Å²) in [5.74, 6) is 0.520. The van der Waals surface area contributed by atoms with Gasteiger partial charge in [-0.05, 0) is 39.7 Å². The predicted molar refractivity (Wildman–Crippen MR) is 65.7 cm³/mol. The molecule has 2 rings (SSSR count). The average Bonchev–Trinajstić information content (AvgIpc) is 2.32. The third kappa shape index (κ3) is 3.02. The zero-order valence-electron chi connectivity index (χ0n) is 8.23. The minimum absolute atomic E-state index is 0.240. The molecule has 0 saturated heterocycles. The number of aromatic nitrogens is 2. The van der Waals surface area contributed by atoms with E-state index in [1.54, 1.807) is 30.1 Å². The fourth-order valence-electron chi connectivity index (χ4n) is 1.15. The SMILES string of the molecule is Fc1ccc(CSc2ccncn2)cc1Br. The van der Waals surface area contributed by atoms with Gasteiger partial charge in [-0.1, -0.05) is 6.07 Å². The van der Waals surface area contributed by atoms with Crippen LogP contribution in [-0.4, -0.2) is 9.97 Å². The molecule has 1 aromatic carbocycles. The fraction of sp³-hybridized carbons (Fsp3) is 0.0909. The van der Waals surface area contributed by atoms with Crippen LogP contribution in [0.5, 0.6) is 0 Å². The monoisotopic (exact) mass is 298 g/mol. The molecule has 1 heterocycles. The molecule has 0 aliphatic rings. The lowest BCUT2D eigenvalue weighted by molar-refractivity contribution is 0.620. The number of hydrogen-bond acceptors (Lipinski definition) is 3. The Morgan fingerprint density at radius 3 is 2.88 bits per heavy atom. The number of hydrogen-bond donors (Lipinski definition) is 0. The molecule has 0 atom stereocenters. The maximum atomic E-state index is 13.0. The third-order valence-corrected chi connectivity index (χ3v) is 3.55.